The molecule has 0 aromatic rings. The molecule has 102 valence electrons. The molecular weight excluding hydrogens is 212 g/mol. The molecule has 1 aliphatic rings. The van der Waals surface area contributed by atoms with Crippen LogP contribution in [-0.4, -0.2) is 23.9 Å². The third-order valence-electron chi connectivity index (χ3n) is 3.99. The van der Waals surface area contributed by atoms with Gasteiger partial charge in [0.2, 0.25) is 0 Å². The van der Waals surface area contributed by atoms with Crippen molar-refractivity contribution in [2.24, 2.45) is 5.92 Å². The molecule has 0 aromatic heterocycles. The summed E-state index contributed by atoms with van der Waals surface area (Å²) >= 11 is 0. The van der Waals surface area contributed by atoms with Crippen LogP contribution in [0, 0.1) is 5.92 Å². The van der Waals surface area contributed by atoms with Crippen molar-refractivity contribution in [3.05, 3.63) is 0 Å². The van der Waals surface area contributed by atoms with Crippen molar-refractivity contribution in [2.45, 2.75) is 83.8 Å². The van der Waals surface area contributed by atoms with Crippen molar-refractivity contribution in [2.75, 3.05) is 6.61 Å². The van der Waals surface area contributed by atoms with Gasteiger partial charge in [0, 0.05) is 6.61 Å². The van der Waals surface area contributed by atoms with Gasteiger partial charge in [0.05, 0.1) is 12.2 Å². The molecular formula is C15H30O2. The van der Waals surface area contributed by atoms with Gasteiger partial charge in [-0.15, -0.1) is 0 Å². The van der Waals surface area contributed by atoms with E-state index in [0.717, 1.165) is 31.8 Å². The molecule has 0 saturated carbocycles. The molecule has 2 heteroatoms. The first-order valence-corrected chi connectivity index (χ1v) is 7.55. The van der Waals surface area contributed by atoms with Crippen molar-refractivity contribution in [3.8, 4) is 0 Å². The summed E-state index contributed by atoms with van der Waals surface area (Å²) in [6.07, 6.45) is 10.7. The molecule has 0 amide bonds. The van der Waals surface area contributed by atoms with Gasteiger partial charge in [-0.25, -0.2) is 0 Å². The van der Waals surface area contributed by atoms with Gasteiger partial charge in [-0.3, -0.25) is 0 Å². The van der Waals surface area contributed by atoms with Gasteiger partial charge in [0.1, 0.15) is 0 Å². The second kappa shape index (κ2) is 8.93. The first kappa shape index (κ1) is 15.0. The van der Waals surface area contributed by atoms with E-state index in [2.05, 4.69) is 13.8 Å². The molecule has 0 radical (unpaired) electrons. The Labute approximate surface area is 107 Å². The van der Waals surface area contributed by atoms with E-state index in [0.29, 0.717) is 6.10 Å². The molecule has 0 bridgehead atoms. The van der Waals surface area contributed by atoms with E-state index in [9.17, 15) is 5.11 Å². The molecule has 1 saturated heterocycles. The van der Waals surface area contributed by atoms with Gasteiger partial charge < -0.3 is 9.84 Å². The van der Waals surface area contributed by atoms with E-state index in [1.165, 1.54) is 38.5 Å². The molecule has 0 aliphatic carbocycles. The van der Waals surface area contributed by atoms with Crippen LogP contribution in [0.2, 0.25) is 0 Å². The zero-order valence-corrected chi connectivity index (χ0v) is 11.7. The van der Waals surface area contributed by atoms with E-state index in [4.69, 9.17) is 4.74 Å². The summed E-state index contributed by atoms with van der Waals surface area (Å²) < 4.78 is 5.59. The summed E-state index contributed by atoms with van der Waals surface area (Å²) in [4.78, 5) is 0. The van der Waals surface area contributed by atoms with Gasteiger partial charge in [0.25, 0.3) is 0 Å². The van der Waals surface area contributed by atoms with E-state index in [-0.39, 0.29) is 6.10 Å². The van der Waals surface area contributed by atoms with Crippen LogP contribution in [0.15, 0.2) is 0 Å². The number of unbranched alkanes of at least 4 members (excludes halogenated alkanes) is 1. The van der Waals surface area contributed by atoms with Crippen molar-refractivity contribution >= 4 is 0 Å². The normalized spacial score (nSPS) is 23.8. The fourth-order valence-electron chi connectivity index (χ4n) is 2.73. The maximum absolute atomic E-state index is 10.1. The number of hydrogen-bond donors (Lipinski definition) is 1. The monoisotopic (exact) mass is 242 g/mol. The molecule has 1 N–H and O–H groups in total. The molecule has 1 heterocycles. The summed E-state index contributed by atoms with van der Waals surface area (Å²) in [5.41, 5.74) is 0. The van der Waals surface area contributed by atoms with Crippen LogP contribution in [0.3, 0.4) is 0 Å². The lowest BCUT2D eigenvalue weighted by Gasteiger charge is -2.19. The van der Waals surface area contributed by atoms with Gasteiger partial charge in [-0.1, -0.05) is 39.5 Å². The highest BCUT2D eigenvalue weighted by atomic mass is 16.5. The Morgan fingerprint density at radius 1 is 1.29 bits per heavy atom. The third-order valence-corrected chi connectivity index (χ3v) is 3.99. The topological polar surface area (TPSA) is 29.5 Å². The highest BCUT2D eigenvalue weighted by molar-refractivity contribution is 4.70. The minimum absolute atomic E-state index is 0.110. The predicted octanol–water partition coefficient (Wildman–Crippen LogP) is 3.91. The van der Waals surface area contributed by atoms with E-state index >= 15 is 0 Å². The lowest BCUT2D eigenvalue weighted by molar-refractivity contribution is 0.0723. The Kier molecular flexibility index (Phi) is 7.87. The summed E-state index contributed by atoms with van der Waals surface area (Å²) in [7, 11) is 0. The first-order valence-electron chi connectivity index (χ1n) is 7.55. The SMILES string of the molecule is CCCCC(CC)CC(O)CCC1CCCO1. The Balaban J connectivity index is 2.10. The van der Waals surface area contributed by atoms with E-state index < -0.39 is 0 Å². The second-order valence-electron chi connectivity index (χ2n) is 5.52. The minimum Gasteiger partial charge on any atom is -0.393 e. The summed E-state index contributed by atoms with van der Waals surface area (Å²) in [5, 5.41) is 10.1. The first-order chi connectivity index (χ1) is 8.26. The zero-order valence-electron chi connectivity index (χ0n) is 11.7. The molecule has 3 unspecified atom stereocenters. The summed E-state index contributed by atoms with van der Waals surface area (Å²) in [5.74, 6) is 0.717. The van der Waals surface area contributed by atoms with E-state index in [1.54, 1.807) is 0 Å². The van der Waals surface area contributed by atoms with Crippen LogP contribution in [0.1, 0.15) is 71.6 Å². The molecule has 1 rings (SSSR count). The number of aliphatic hydroxyl groups excluding tert-OH is 1. The fourth-order valence-corrected chi connectivity index (χ4v) is 2.73. The average molecular weight is 242 g/mol. The average Bonchev–Trinajstić information content (AvgIpc) is 2.85. The van der Waals surface area contributed by atoms with E-state index in [1.807, 2.05) is 0 Å². The van der Waals surface area contributed by atoms with Crippen LogP contribution < -0.4 is 0 Å². The number of rotatable bonds is 9. The maximum Gasteiger partial charge on any atom is 0.0577 e. The molecule has 0 aromatic carbocycles. The highest BCUT2D eigenvalue weighted by Crippen LogP contribution is 2.23. The van der Waals surface area contributed by atoms with Gasteiger partial charge >= 0.3 is 0 Å². The molecule has 0 spiro atoms. The molecule has 2 nitrogen and oxygen atoms in total. The molecule has 1 fully saturated rings. The Morgan fingerprint density at radius 2 is 2.12 bits per heavy atom. The second-order valence-corrected chi connectivity index (χ2v) is 5.52. The van der Waals surface area contributed by atoms with Crippen molar-refractivity contribution in [1.29, 1.82) is 0 Å². The Morgan fingerprint density at radius 3 is 2.71 bits per heavy atom. The lowest BCUT2D eigenvalue weighted by atomic mass is 9.91. The smallest absolute Gasteiger partial charge is 0.0577 e. The Bertz CT molecular complexity index is 176. The largest absolute Gasteiger partial charge is 0.393 e. The van der Waals surface area contributed by atoms with Gasteiger partial charge in [-0.05, 0) is 38.0 Å². The lowest BCUT2D eigenvalue weighted by Crippen LogP contribution is -2.16. The molecule has 1 aliphatic heterocycles. The van der Waals surface area contributed by atoms with Crippen molar-refractivity contribution < 1.29 is 9.84 Å². The van der Waals surface area contributed by atoms with Crippen LogP contribution >= 0.6 is 0 Å². The predicted molar refractivity (Wildman–Crippen MR) is 72.1 cm³/mol. The standard InChI is InChI=1S/C15H30O2/c1-3-5-7-13(4-2)12-14(16)9-10-15-8-6-11-17-15/h13-16H,3-12H2,1-2H3. The quantitative estimate of drug-likeness (QED) is 0.664. The highest BCUT2D eigenvalue weighted by Gasteiger charge is 2.18. The van der Waals surface area contributed by atoms with Crippen LogP contribution in [0.4, 0.5) is 0 Å². The van der Waals surface area contributed by atoms with Crippen LogP contribution in [0.25, 0.3) is 0 Å². The number of ether oxygens (including phenoxy) is 1. The van der Waals surface area contributed by atoms with Crippen molar-refractivity contribution in [3.63, 3.8) is 0 Å². The minimum atomic E-state index is -0.110. The maximum atomic E-state index is 10.1. The fraction of sp³-hybridized carbons (Fsp3) is 1.00. The number of aliphatic hydroxyl groups is 1. The molecule has 3 atom stereocenters. The van der Waals surface area contributed by atoms with Gasteiger partial charge in [-0.2, -0.15) is 0 Å². The van der Waals surface area contributed by atoms with Crippen molar-refractivity contribution in [1.82, 2.24) is 0 Å². The Hall–Kier alpha value is -0.0800. The van der Waals surface area contributed by atoms with Crippen LogP contribution in [0.5, 0.6) is 0 Å². The zero-order chi connectivity index (χ0) is 12.5. The summed E-state index contributed by atoms with van der Waals surface area (Å²) in [6, 6.07) is 0. The van der Waals surface area contributed by atoms with Crippen LogP contribution in [-0.2, 0) is 4.74 Å². The number of hydrogen-bond acceptors (Lipinski definition) is 2. The summed E-state index contributed by atoms with van der Waals surface area (Å²) in [6.45, 7) is 5.41. The van der Waals surface area contributed by atoms with Gasteiger partial charge in [0.15, 0.2) is 0 Å². The third kappa shape index (κ3) is 6.42. The molecule has 17 heavy (non-hydrogen) atoms.